The molecule has 1 amide bonds. The standard InChI is InChI=1S/C11H16N3O2.3C4H9.Sn/c1-11(2,3)16-10(15)14-7-6-13-5-4-12-9(13)8-14;3*1-3-4-2;/h4H,6-8H2,1-3H3;3*1,3-4H2,2H3;. The Morgan fingerprint density at radius 3 is 2.07 bits per heavy atom. The number of nitrogens with zero attached hydrogens (tertiary/aromatic N) is 3. The molecule has 1 aliphatic rings. The van der Waals surface area contributed by atoms with Crippen molar-refractivity contribution in [1.82, 2.24) is 14.5 Å². The summed E-state index contributed by atoms with van der Waals surface area (Å²) < 4.78 is 14.1. The molecule has 2 rings (SSSR count). The van der Waals surface area contributed by atoms with E-state index in [9.17, 15) is 4.79 Å². The normalized spacial score (nSPS) is 14.8. The van der Waals surface area contributed by atoms with E-state index in [0.717, 1.165) is 18.9 Å². The van der Waals surface area contributed by atoms with E-state index in [2.05, 4.69) is 31.5 Å². The summed E-state index contributed by atoms with van der Waals surface area (Å²) in [5.41, 5.74) is -0.457. The molecule has 0 bridgehead atoms. The van der Waals surface area contributed by atoms with Gasteiger partial charge in [0.05, 0.1) is 0 Å². The number of hydrogen-bond acceptors (Lipinski definition) is 3. The Balaban J connectivity index is 2.28. The fourth-order valence-corrected chi connectivity index (χ4v) is 20.9. The van der Waals surface area contributed by atoms with E-state index in [1.165, 1.54) is 51.8 Å². The molecule has 1 aliphatic heterocycles. The number of ether oxygens (including phenoxy) is 1. The number of hydrogen-bond donors (Lipinski definition) is 0. The van der Waals surface area contributed by atoms with Crippen LogP contribution in [0.5, 0.6) is 0 Å². The summed E-state index contributed by atoms with van der Waals surface area (Å²) in [6, 6.07) is 0. The fraction of sp³-hybridized carbons (Fsp3) is 0.826. The summed E-state index contributed by atoms with van der Waals surface area (Å²) in [5.74, 6) is 1.06. The zero-order chi connectivity index (χ0) is 21.5. The van der Waals surface area contributed by atoms with Crippen LogP contribution >= 0.6 is 0 Å². The minimum absolute atomic E-state index is 0.217. The molecule has 0 atom stereocenters. The number of carbonyl (C=O) groups excluding carboxylic acids is 1. The van der Waals surface area contributed by atoms with Crippen LogP contribution in [0.4, 0.5) is 4.79 Å². The number of carbonyl (C=O) groups is 1. The molecule has 0 spiro atoms. The van der Waals surface area contributed by atoms with Gasteiger partial charge in [-0.25, -0.2) is 0 Å². The van der Waals surface area contributed by atoms with Crippen molar-refractivity contribution in [3.05, 3.63) is 12.0 Å². The van der Waals surface area contributed by atoms with Crippen LogP contribution < -0.4 is 3.71 Å². The van der Waals surface area contributed by atoms with E-state index < -0.39 is 24.0 Å². The van der Waals surface area contributed by atoms with Crippen LogP contribution in [0.25, 0.3) is 0 Å². The molecule has 0 radical (unpaired) electrons. The van der Waals surface area contributed by atoms with Crippen LogP contribution in [0, 0.1) is 0 Å². The van der Waals surface area contributed by atoms with Gasteiger partial charge >= 0.3 is 183 Å². The van der Waals surface area contributed by atoms with Crippen LogP contribution in [0.1, 0.15) is 85.9 Å². The fourth-order valence-electron chi connectivity index (χ4n) is 4.47. The van der Waals surface area contributed by atoms with Crippen molar-refractivity contribution in [2.24, 2.45) is 0 Å². The van der Waals surface area contributed by atoms with Gasteiger partial charge in [-0.2, -0.15) is 0 Å². The van der Waals surface area contributed by atoms with E-state index >= 15 is 0 Å². The molecule has 0 aromatic carbocycles. The van der Waals surface area contributed by atoms with Gasteiger partial charge in [-0.15, -0.1) is 0 Å². The molecular weight excluding hydrogens is 469 g/mol. The van der Waals surface area contributed by atoms with Crippen molar-refractivity contribution in [1.29, 1.82) is 0 Å². The molecule has 0 saturated carbocycles. The van der Waals surface area contributed by atoms with E-state index in [1.807, 2.05) is 25.7 Å². The van der Waals surface area contributed by atoms with Crippen LogP contribution in [0.15, 0.2) is 6.20 Å². The monoisotopic (exact) mass is 513 g/mol. The van der Waals surface area contributed by atoms with Crippen LogP contribution in [-0.2, 0) is 17.8 Å². The maximum absolute atomic E-state index is 12.5. The summed E-state index contributed by atoms with van der Waals surface area (Å²) in [5, 5.41) is 0. The Morgan fingerprint density at radius 1 is 1.03 bits per heavy atom. The number of unbranched alkanes of at least 4 members (excludes halogenated alkanes) is 3. The number of amides is 1. The third-order valence-electron chi connectivity index (χ3n) is 6.09. The number of fused-ring (bicyclic) bond motifs is 1. The van der Waals surface area contributed by atoms with Crippen molar-refractivity contribution in [2.45, 2.75) is 112 Å². The van der Waals surface area contributed by atoms with Crippen molar-refractivity contribution in [3.8, 4) is 0 Å². The molecular formula is C23H43N3O2Sn. The second kappa shape index (κ2) is 11.1. The third-order valence-corrected chi connectivity index (χ3v) is 21.5. The molecule has 6 heteroatoms. The van der Waals surface area contributed by atoms with Gasteiger partial charge in [-0.3, -0.25) is 0 Å². The first-order valence-electron chi connectivity index (χ1n) is 11.8. The second-order valence-corrected chi connectivity index (χ2v) is 22.8. The first-order valence-corrected chi connectivity index (χ1v) is 19.3. The van der Waals surface area contributed by atoms with Gasteiger partial charge in [0.2, 0.25) is 0 Å². The van der Waals surface area contributed by atoms with Gasteiger partial charge < -0.3 is 0 Å². The number of aromatic nitrogens is 2. The van der Waals surface area contributed by atoms with Gasteiger partial charge in [-0.1, -0.05) is 0 Å². The predicted octanol–water partition coefficient (Wildman–Crippen LogP) is 5.69. The Kier molecular flexibility index (Phi) is 9.36. The first kappa shape index (κ1) is 24.5. The Bertz CT molecular complexity index is 629. The summed E-state index contributed by atoms with van der Waals surface area (Å²) in [6.45, 7) is 14.9. The minimum atomic E-state index is -2.51. The van der Waals surface area contributed by atoms with E-state index in [4.69, 9.17) is 9.72 Å². The molecule has 1 aromatic rings. The molecule has 0 aliphatic carbocycles. The van der Waals surface area contributed by atoms with E-state index in [-0.39, 0.29) is 6.09 Å². The van der Waals surface area contributed by atoms with Gasteiger partial charge in [0, 0.05) is 0 Å². The molecule has 5 nitrogen and oxygen atoms in total. The van der Waals surface area contributed by atoms with Crippen molar-refractivity contribution < 1.29 is 9.53 Å². The number of imidazole rings is 1. The summed E-state index contributed by atoms with van der Waals surface area (Å²) in [7, 11) is 0. The molecule has 1 aromatic heterocycles. The maximum atomic E-state index is 12.5. The third kappa shape index (κ3) is 6.63. The van der Waals surface area contributed by atoms with Crippen LogP contribution in [0.3, 0.4) is 0 Å². The molecule has 2 heterocycles. The molecule has 0 saturated heterocycles. The summed E-state index contributed by atoms with van der Waals surface area (Å²) in [4.78, 5) is 19.2. The quantitative estimate of drug-likeness (QED) is 0.379. The molecule has 0 unspecified atom stereocenters. The van der Waals surface area contributed by atoms with Crippen LogP contribution in [0.2, 0.25) is 13.3 Å². The van der Waals surface area contributed by atoms with E-state index in [0.29, 0.717) is 6.54 Å². The Morgan fingerprint density at radius 2 is 1.59 bits per heavy atom. The Hall–Kier alpha value is -0.721. The zero-order valence-electron chi connectivity index (χ0n) is 19.7. The van der Waals surface area contributed by atoms with Crippen LogP contribution in [-0.4, -0.2) is 51.1 Å². The summed E-state index contributed by atoms with van der Waals surface area (Å²) in [6.07, 6.45) is 9.91. The first-order chi connectivity index (χ1) is 13.8. The van der Waals surface area contributed by atoms with Gasteiger partial charge in [0.25, 0.3) is 0 Å². The SMILES string of the molecule is CCC[CH2][Sn]([CH2]CCC)([CH2]CCC)[c]1cnc2n1CCN(C(=O)OC(C)(C)C)C2. The molecule has 166 valence electrons. The van der Waals surface area contributed by atoms with Gasteiger partial charge in [-0.05, 0) is 0 Å². The molecule has 0 N–H and O–H groups in total. The van der Waals surface area contributed by atoms with Gasteiger partial charge in [0.1, 0.15) is 0 Å². The molecule has 29 heavy (non-hydrogen) atoms. The van der Waals surface area contributed by atoms with Gasteiger partial charge in [0.15, 0.2) is 0 Å². The molecule has 0 fully saturated rings. The summed E-state index contributed by atoms with van der Waals surface area (Å²) >= 11 is -2.51. The number of rotatable bonds is 10. The average molecular weight is 512 g/mol. The van der Waals surface area contributed by atoms with Crippen molar-refractivity contribution >= 4 is 28.2 Å². The van der Waals surface area contributed by atoms with Crippen molar-refractivity contribution in [2.75, 3.05) is 6.54 Å². The van der Waals surface area contributed by atoms with Crippen molar-refractivity contribution in [3.63, 3.8) is 0 Å². The zero-order valence-corrected chi connectivity index (χ0v) is 22.6. The van der Waals surface area contributed by atoms with E-state index in [1.54, 1.807) is 3.71 Å². The second-order valence-electron chi connectivity index (χ2n) is 9.70. The average Bonchev–Trinajstić information content (AvgIpc) is 3.10. The Labute approximate surface area is 182 Å². The topological polar surface area (TPSA) is 47.4 Å². The predicted molar refractivity (Wildman–Crippen MR) is 123 cm³/mol.